The summed E-state index contributed by atoms with van der Waals surface area (Å²) in [4.78, 5) is 63.8. The summed E-state index contributed by atoms with van der Waals surface area (Å²) >= 11 is 0. The van der Waals surface area contributed by atoms with E-state index in [0.29, 0.717) is 29.6 Å². The van der Waals surface area contributed by atoms with E-state index in [1.54, 1.807) is 6.07 Å². The number of hydrogen-bond donors (Lipinski definition) is 4. The molecule has 1 atom stereocenters. The first-order valence-electron chi connectivity index (χ1n) is 11.5. The number of pyridine rings is 1. The number of benzene rings is 1. The first-order valence-corrected chi connectivity index (χ1v) is 14.0. The zero-order valence-corrected chi connectivity index (χ0v) is 22.0. The Morgan fingerprint density at radius 3 is 2.67 bits per heavy atom. The minimum atomic E-state index is -2.91. The molecule has 1 aromatic heterocycles. The van der Waals surface area contributed by atoms with Gasteiger partial charge in [-0.3, -0.25) is 24.2 Å². The van der Waals surface area contributed by atoms with Crippen molar-refractivity contribution in [2.75, 3.05) is 44.3 Å². The van der Waals surface area contributed by atoms with E-state index < -0.39 is 61.9 Å². The lowest BCUT2D eigenvalue weighted by atomic mass is 10.1. The first kappa shape index (κ1) is 29.9. The van der Waals surface area contributed by atoms with Crippen molar-refractivity contribution < 1.29 is 42.6 Å². The number of nitrogens with one attached hydrogen (secondary N) is 3. The summed E-state index contributed by atoms with van der Waals surface area (Å²) in [5.74, 6) is -5.18. The standard InChI is InChI=1S/C23H25F2N5O7S2/c24-23(25)11-30(12-23)20(33)8-28-21(34)15-3-4-27-17-2-1-14(7-16(15)17)37-9-19(32)29-18(22(35)36)10-39-38-6-5-26-13-31/h1-4,7,13,18H,5-6,8-12H2,(H,26,31)(H,28,34)(H,29,32)(H,35,36). The predicted molar refractivity (Wildman–Crippen MR) is 140 cm³/mol. The number of alkyl halides is 2. The van der Waals surface area contributed by atoms with Gasteiger partial charge in [0.2, 0.25) is 12.3 Å². The Bertz CT molecular complexity index is 1230. The monoisotopic (exact) mass is 585 g/mol. The van der Waals surface area contributed by atoms with Crippen molar-refractivity contribution in [3.05, 3.63) is 36.0 Å². The number of fused-ring (bicyclic) bond motifs is 1. The molecule has 0 bridgehead atoms. The van der Waals surface area contributed by atoms with Crippen LogP contribution >= 0.6 is 21.6 Å². The topological polar surface area (TPSA) is 167 Å². The lowest BCUT2D eigenvalue weighted by Crippen LogP contribution is -2.60. The highest BCUT2D eigenvalue weighted by Crippen LogP contribution is 2.26. The van der Waals surface area contributed by atoms with Crippen molar-refractivity contribution in [2.45, 2.75) is 12.0 Å². The van der Waals surface area contributed by atoms with Crippen LogP contribution in [0.3, 0.4) is 0 Å². The Kier molecular flexibility index (Phi) is 10.7. The Labute approximate surface area is 229 Å². The molecule has 4 amide bonds. The van der Waals surface area contributed by atoms with Gasteiger partial charge in [0.05, 0.1) is 30.7 Å². The molecule has 0 saturated carbocycles. The van der Waals surface area contributed by atoms with Gasteiger partial charge in [-0.15, -0.1) is 0 Å². The molecule has 2 heterocycles. The quantitative estimate of drug-likeness (QED) is 0.131. The van der Waals surface area contributed by atoms with Crippen molar-refractivity contribution >= 4 is 62.6 Å². The summed E-state index contributed by atoms with van der Waals surface area (Å²) in [6.45, 7) is -1.87. The Hall–Kier alpha value is -3.66. The van der Waals surface area contributed by atoms with Gasteiger partial charge in [0, 0.05) is 29.6 Å². The summed E-state index contributed by atoms with van der Waals surface area (Å²) in [6, 6.07) is 4.81. The zero-order valence-electron chi connectivity index (χ0n) is 20.4. The van der Waals surface area contributed by atoms with Gasteiger partial charge in [-0.05, 0) is 24.3 Å². The number of carboxylic acids is 1. The van der Waals surface area contributed by atoms with Gasteiger partial charge in [0.15, 0.2) is 6.61 Å². The van der Waals surface area contributed by atoms with Gasteiger partial charge in [-0.25, -0.2) is 13.6 Å². The molecular formula is C23H25F2N5O7S2. The van der Waals surface area contributed by atoms with Crippen molar-refractivity contribution in [3.8, 4) is 5.75 Å². The lowest BCUT2D eigenvalue weighted by molar-refractivity contribution is -0.164. The number of nitrogens with zero attached hydrogens (tertiary/aromatic N) is 2. The van der Waals surface area contributed by atoms with Crippen LogP contribution in [-0.4, -0.2) is 101 Å². The maximum Gasteiger partial charge on any atom is 0.327 e. The molecule has 1 saturated heterocycles. The summed E-state index contributed by atoms with van der Waals surface area (Å²) in [6.07, 6.45) is 1.96. The van der Waals surface area contributed by atoms with E-state index in [1.165, 1.54) is 46.0 Å². The molecule has 39 heavy (non-hydrogen) atoms. The smallest absolute Gasteiger partial charge is 0.327 e. The fraction of sp³-hybridized carbons (Fsp3) is 0.391. The van der Waals surface area contributed by atoms with Crippen molar-refractivity contribution in [1.29, 1.82) is 0 Å². The summed E-state index contributed by atoms with van der Waals surface area (Å²) in [5, 5.41) is 17.0. The van der Waals surface area contributed by atoms with Gasteiger partial charge < -0.3 is 30.7 Å². The highest BCUT2D eigenvalue weighted by atomic mass is 33.1. The van der Waals surface area contributed by atoms with E-state index in [4.69, 9.17) is 4.74 Å². The van der Waals surface area contributed by atoms with Crippen LogP contribution in [0.25, 0.3) is 10.9 Å². The largest absolute Gasteiger partial charge is 0.484 e. The zero-order chi connectivity index (χ0) is 28.4. The van der Waals surface area contributed by atoms with Crippen LogP contribution in [0, 0.1) is 0 Å². The lowest BCUT2D eigenvalue weighted by Gasteiger charge is -2.38. The first-order chi connectivity index (χ1) is 18.6. The number of amides is 4. The van der Waals surface area contributed by atoms with Crippen LogP contribution in [0.4, 0.5) is 8.78 Å². The average Bonchev–Trinajstić information content (AvgIpc) is 2.89. The summed E-state index contributed by atoms with van der Waals surface area (Å²) in [7, 11) is 2.59. The SMILES string of the molecule is O=CNCCSSCC(NC(=O)COc1ccc2nccc(C(=O)NCC(=O)N3CC(F)(F)C3)c2c1)C(=O)O. The van der Waals surface area contributed by atoms with Crippen LogP contribution in [0.2, 0.25) is 0 Å². The van der Waals surface area contributed by atoms with Gasteiger partial charge in [-0.2, -0.15) is 0 Å². The van der Waals surface area contributed by atoms with E-state index in [1.807, 2.05) is 0 Å². The maximum atomic E-state index is 13.0. The van der Waals surface area contributed by atoms with E-state index in [-0.39, 0.29) is 17.1 Å². The fourth-order valence-corrected chi connectivity index (χ4v) is 5.44. The second kappa shape index (κ2) is 13.9. The summed E-state index contributed by atoms with van der Waals surface area (Å²) in [5.41, 5.74) is 0.581. The number of likely N-dealkylation sites (tertiary alicyclic amines) is 1. The highest BCUT2D eigenvalue weighted by molar-refractivity contribution is 8.76. The number of carbonyl (C=O) groups is 5. The van der Waals surface area contributed by atoms with Crippen LogP contribution in [-0.2, 0) is 19.2 Å². The predicted octanol–water partition coefficient (Wildman–Crippen LogP) is 0.518. The third-order valence-corrected chi connectivity index (χ3v) is 7.70. The minimum Gasteiger partial charge on any atom is -0.484 e. The third kappa shape index (κ3) is 8.95. The van der Waals surface area contributed by atoms with Crippen molar-refractivity contribution in [1.82, 2.24) is 25.8 Å². The van der Waals surface area contributed by atoms with Crippen molar-refractivity contribution in [3.63, 3.8) is 0 Å². The average molecular weight is 586 g/mol. The van der Waals surface area contributed by atoms with Crippen LogP contribution < -0.4 is 20.7 Å². The molecular weight excluding hydrogens is 560 g/mol. The molecule has 12 nitrogen and oxygen atoms in total. The maximum absolute atomic E-state index is 13.0. The van der Waals surface area contributed by atoms with Gasteiger partial charge in [0.25, 0.3) is 17.7 Å². The number of halogens is 2. The van der Waals surface area contributed by atoms with Gasteiger partial charge in [0.1, 0.15) is 11.8 Å². The third-order valence-electron chi connectivity index (χ3n) is 5.29. The second-order valence-corrected chi connectivity index (χ2v) is 10.9. The van der Waals surface area contributed by atoms with Crippen LogP contribution in [0.5, 0.6) is 5.75 Å². The molecule has 16 heteroatoms. The van der Waals surface area contributed by atoms with Crippen LogP contribution in [0.1, 0.15) is 10.4 Å². The Morgan fingerprint density at radius 2 is 1.97 bits per heavy atom. The van der Waals surface area contributed by atoms with E-state index >= 15 is 0 Å². The Balaban J connectivity index is 1.54. The van der Waals surface area contributed by atoms with Gasteiger partial charge >= 0.3 is 5.97 Å². The molecule has 0 aliphatic carbocycles. The number of ether oxygens (including phenoxy) is 1. The number of aromatic nitrogens is 1. The van der Waals surface area contributed by atoms with Gasteiger partial charge in [-0.1, -0.05) is 21.6 Å². The van der Waals surface area contributed by atoms with Crippen LogP contribution in [0.15, 0.2) is 30.5 Å². The molecule has 1 aromatic carbocycles. The minimum absolute atomic E-state index is 0.0929. The molecule has 1 aliphatic rings. The summed E-state index contributed by atoms with van der Waals surface area (Å²) < 4.78 is 31.4. The van der Waals surface area contributed by atoms with E-state index in [0.717, 1.165) is 4.90 Å². The normalized spacial score (nSPS) is 14.6. The highest BCUT2D eigenvalue weighted by Gasteiger charge is 2.46. The fourth-order valence-electron chi connectivity index (χ4n) is 3.36. The Morgan fingerprint density at radius 1 is 1.21 bits per heavy atom. The second-order valence-electron chi connectivity index (χ2n) is 8.25. The van der Waals surface area contributed by atoms with E-state index in [9.17, 15) is 37.9 Å². The molecule has 2 aromatic rings. The molecule has 1 unspecified atom stereocenters. The number of hydrogen-bond acceptors (Lipinski definition) is 9. The number of aliphatic carboxylic acids is 1. The van der Waals surface area contributed by atoms with E-state index in [2.05, 4.69) is 20.9 Å². The molecule has 210 valence electrons. The molecule has 1 fully saturated rings. The van der Waals surface area contributed by atoms with Crippen molar-refractivity contribution in [2.24, 2.45) is 0 Å². The molecule has 3 rings (SSSR count). The number of carbonyl (C=O) groups excluding carboxylic acids is 4. The molecule has 1 aliphatic heterocycles. The molecule has 0 radical (unpaired) electrons. The molecule has 4 N–H and O–H groups in total. The molecule has 0 spiro atoms. The number of carboxylic acid groups (broad SMARTS) is 1. The number of rotatable bonds is 15.